The minimum atomic E-state index is -0.232. The number of aryl methyl sites for hydroxylation is 1. The summed E-state index contributed by atoms with van der Waals surface area (Å²) in [5.74, 6) is 0.190. The molecule has 3 N–H and O–H groups in total. The molecule has 0 saturated carbocycles. The predicted molar refractivity (Wildman–Crippen MR) is 91.7 cm³/mol. The van der Waals surface area contributed by atoms with Crippen molar-refractivity contribution in [2.45, 2.75) is 6.92 Å². The summed E-state index contributed by atoms with van der Waals surface area (Å²) < 4.78 is 13.6. The van der Waals surface area contributed by atoms with Crippen LogP contribution in [0.1, 0.15) is 5.56 Å². The molecule has 118 valence electrons. The monoisotopic (exact) mass is 319 g/mol. The molecule has 0 fully saturated rings. The molecule has 24 heavy (non-hydrogen) atoms. The molecule has 4 rings (SSSR count). The summed E-state index contributed by atoms with van der Waals surface area (Å²) in [5, 5.41) is 0.762. The highest BCUT2D eigenvalue weighted by Gasteiger charge is 2.13. The number of anilines is 1. The molecule has 0 unspecified atom stereocenters. The number of aromatic amines is 1. The molecule has 0 aliphatic rings. The molecule has 1 aromatic carbocycles. The molecular formula is C18H14FN5. The van der Waals surface area contributed by atoms with Gasteiger partial charge in [0.2, 0.25) is 0 Å². The van der Waals surface area contributed by atoms with Gasteiger partial charge < -0.3 is 10.7 Å². The molecule has 0 radical (unpaired) electrons. The van der Waals surface area contributed by atoms with E-state index in [1.54, 1.807) is 25.3 Å². The van der Waals surface area contributed by atoms with Gasteiger partial charge in [-0.3, -0.25) is 4.98 Å². The number of fused-ring (bicyclic) bond motifs is 1. The first-order chi connectivity index (χ1) is 11.6. The van der Waals surface area contributed by atoms with Crippen molar-refractivity contribution in [3.05, 3.63) is 60.3 Å². The van der Waals surface area contributed by atoms with Gasteiger partial charge in [0.15, 0.2) is 0 Å². The molecule has 0 spiro atoms. The molecule has 0 saturated heterocycles. The zero-order valence-electron chi connectivity index (χ0n) is 12.9. The van der Waals surface area contributed by atoms with Crippen molar-refractivity contribution in [2.75, 3.05) is 5.73 Å². The Morgan fingerprint density at radius 3 is 2.75 bits per heavy atom. The molecule has 0 atom stereocenters. The van der Waals surface area contributed by atoms with E-state index in [-0.39, 0.29) is 5.82 Å². The molecule has 0 bridgehead atoms. The number of aromatic nitrogens is 4. The lowest BCUT2D eigenvalue weighted by molar-refractivity contribution is 0.619. The number of halogens is 1. The summed E-state index contributed by atoms with van der Waals surface area (Å²) >= 11 is 0. The van der Waals surface area contributed by atoms with Crippen molar-refractivity contribution in [2.24, 2.45) is 0 Å². The fourth-order valence-corrected chi connectivity index (χ4v) is 2.75. The Bertz CT molecular complexity index is 1050. The summed E-state index contributed by atoms with van der Waals surface area (Å²) in [6.07, 6.45) is 3.14. The summed E-state index contributed by atoms with van der Waals surface area (Å²) in [6, 6.07) is 10.7. The van der Waals surface area contributed by atoms with E-state index in [2.05, 4.69) is 19.9 Å². The van der Waals surface area contributed by atoms with Crippen LogP contribution in [-0.4, -0.2) is 19.9 Å². The second-order valence-electron chi connectivity index (χ2n) is 5.57. The van der Waals surface area contributed by atoms with Gasteiger partial charge >= 0.3 is 0 Å². The zero-order chi connectivity index (χ0) is 16.7. The van der Waals surface area contributed by atoms with E-state index < -0.39 is 0 Å². The maximum Gasteiger partial charge on any atom is 0.143 e. The second-order valence-corrected chi connectivity index (χ2v) is 5.57. The van der Waals surface area contributed by atoms with Crippen molar-refractivity contribution in [1.82, 2.24) is 19.9 Å². The van der Waals surface area contributed by atoms with Crippen LogP contribution in [0.4, 0.5) is 10.2 Å². The van der Waals surface area contributed by atoms with Gasteiger partial charge in [-0.2, -0.15) is 0 Å². The first-order valence-corrected chi connectivity index (χ1v) is 7.44. The lowest BCUT2D eigenvalue weighted by Crippen LogP contribution is -1.91. The van der Waals surface area contributed by atoms with Crippen molar-refractivity contribution in [3.8, 4) is 22.5 Å². The first kappa shape index (κ1) is 14.3. The average molecular weight is 319 g/mol. The average Bonchev–Trinajstić information content (AvgIpc) is 3.03. The molecule has 0 amide bonds. The smallest absolute Gasteiger partial charge is 0.143 e. The summed E-state index contributed by atoms with van der Waals surface area (Å²) in [7, 11) is 0. The van der Waals surface area contributed by atoms with Crippen LogP contribution in [0.3, 0.4) is 0 Å². The molecule has 6 heteroatoms. The SMILES string of the molecule is Cc1cc(-c2ncccc2-c2cc3c(N)ncnc3[nH]2)ccc1F. The molecule has 5 nitrogen and oxygen atoms in total. The highest BCUT2D eigenvalue weighted by Crippen LogP contribution is 2.32. The number of benzene rings is 1. The summed E-state index contributed by atoms with van der Waals surface area (Å²) in [5.41, 5.74) is 10.5. The maximum absolute atomic E-state index is 13.6. The van der Waals surface area contributed by atoms with E-state index in [1.165, 1.54) is 12.4 Å². The van der Waals surface area contributed by atoms with Crippen molar-refractivity contribution in [1.29, 1.82) is 0 Å². The number of nitrogen functional groups attached to an aromatic ring is 1. The highest BCUT2D eigenvalue weighted by molar-refractivity contribution is 5.92. The summed E-state index contributed by atoms with van der Waals surface area (Å²) in [6.45, 7) is 1.74. The Hall–Kier alpha value is -3.28. The molecule has 3 aromatic heterocycles. The van der Waals surface area contributed by atoms with Gasteiger partial charge in [0.25, 0.3) is 0 Å². The number of nitrogens with two attached hydrogens (primary N) is 1. The number of pyridine rings is 1. The van der Waals surface area contributed by atoms with Gasteiger partial charge in [0, 0.05) is 23.0 Å². The standard InChI is InChI=1S/C18H14FN5/c1-10-7-11(4-5-14(10)19)16-12(3-2-6-21-16)15-8-13-17(20)22-9-23-18(13)24-15/h2-9H,1H3,(H3,20,22,23,24). The number of hydrogen-bond acceptors (Lipinski definition) is 4. The van der Waals surface area contributed by atoms with Crippen LogP contribution >= 0.6 is 0 Å². The van der Waals surface area contributed by atoms with Crippen molar-refractivity contribution in [3.63, 3.8) is 0 Å². The van der Waals surface area contributed by atoms with Gasteiger partial charge in [-0.05, 0) is 48.9 Å². The lowest BCUT2D eigenvalue weighted by Gasteiger charge is -2.08. The zero-order valence-corrected chi connectivity index (χ0v) is 12.9. The minimum absolute atomic E-state index is 0.232. The van der Waals surface area contributed by atoms with E-state index in [9.17, 15) is 4.39 Å². The fourth-order valence-electron chi connectivity index (χ4n) is 2.75. The molecule has 0 aliphatic carbocycles. The maximum atomic E-state index is 13.6. The van der Waals surface area contributed by atoms with E-state index in [0.717, 1.165) is 27.9 Å². The predicted octanol–water partition coefficient (Wildman–Crippen LogP) is 3.72. The quantitative estimate of drug-likeness (QED) is 0.590. The van der Waals surface area contributed by atoms with Crippen LogP contribution in [-0.2, 0) is 0 Å². The van der Waals surface area contributed by atoms with Gasteiger partial charge in [-0.25, -0.2) is 14.4 Å². The fraction of sp³-hybridized carbons (Fsp3) is 0.0556. The number of hydrogen-bond donors (Lipinski definition) is 2. The normalized spacial score (nSPS) is 11.1. The molecule has 3 heterocycles. The van der Waals surface area contributed by atoms with Gasteiger partial charge in [0.05, 0.1) is 11.1 Å². The van der Waals surface area contributed by atoms with Crippen LogP contribution in [0.15, 0.2) is 48.9 Å². The Morgan fingerprint density at radius 2 is 1.96 bits per heavy atom. The third-order valence-corrected chi connectivity index (χ3v) is 3.99. The van der Waals surface area contributed by atoms with E-state index in [4.69, 9.17) is 5.73 Å². The van der Waals surface area contributed by atoms with E-state index in [1.807, 2.05) is 18.2 Å². The van der Waals surface area contributed by atoms with Crippen LogP contribution in [0, 0.1) is 12.7 Å². The second kappa shape index (κ2) is 5.42. The van der Waals surface area contributed by atoms with Crippen molar-refractivity contribution < 1.29 is 4.39 Å². The largest absolute Gasteiger partial charge is 0.383 e. The highest BCUT2D eigenvalue weighted by atomic mass is 19.1. The molecule has 4 aromatic rings. The van der Waals surface area contributed by atoms with Crippen LogP contribution in [0.2, 0.25) is 0 Å². The van der Waals surface area contributed by atoms with E-state index in [0.29, 0.717) is 17.0 Å². The van der Waals surface area contributed by atoms with Crippen LogP contribution < -0.4 is 5.73 Å². The first-order valence-electron chi connectivity index (χ1n) is 7.44. The Balaban J connectivity index is 1.92. The minimum Gasteiger partial charge on any atom is -0.383 e. The van der Waals surface area contributed by atoms with Crippen LogP contribution in [0.25, 0.3) is 33.5 Å². The molecular weight excluding hydrogens is 305 g/mol. The number of nitrogens with one attached hydrogen (secondary N) is 1. The topological polar surface area (TPSA) is 80.5 Å². The Kier molecular flexibility index (Phi) is 3.23. The number of nitrogens with zero attached hydrogens (tertiary/aromatic N) is 3. The third kappa shape index (κ3) is 2.28. The van der Waals surface area contributed by atoms with E-state index >= 15 is 0 Å². The lowest BCUT2D eigenvalue weighted by atomic mass is 10.0. The third-order valence-electron chi connectivity index (χ3n) is 3.99. The van der Waals surface area contributed by atoms with Gasteiger partial charge in [-0.15, -0.1) is 0 Å². The van der Waals surface area contributed by atoms with Gasteiger partial charge in [-0.1, -0.05) is 0 Å². The van der Waals surface area contributed by atoms with Gasteiger partial charge in [0.1, 0.15) is 23.6 Å². The Morgan fingerprint density at radius 1 is 1.08 bits per heavy atom. The Labute approximate surface area is 137 Å². The molecule has 0 aliphatic heterocycles. The van der Waals surface area contributed by atoms with Crippen molar-refractivity contribution >= 4 is 16.9 Å². The summed E-state index contributed by atoms with van der Waals surface area (Å²) in [4.78, 5) is 15.9. The van der Waals surface area contributed by atoms with Crippen LogP contribution in [0.5, 0.6) is 0 Å². The number of rotatable bonds is 2. The number of H-pyrrole nitrogens is 1.